The first-order chi connectivity index (χ1) is 15.2. The summed E-state index contributed by atoms with van der Waals surface area (Å²) in [7, 11) is 1.48. The van der Waals surface area contributed by atoms with E-state index >= 15 is 0 Å². The Morgan fingerprint density at radius 1 is 1.09 bits per heavy atom. The zero-order chi connectivity index (χ0) is 23.7. The molecular weight excluding hydrogens is 412 g/mol. The minimum absolute atomic E-state index is 0.1000. The van der Waals surface area contributed by atoms with Crippen LogP contribution in [-0.2, 0) is 9.59 Å². The molecule has 2 aromatic carbocycles. The molecule has 4 N–H and O–H groups in total. The third-order valence-electron chi connectivity index (χ3n) is 4.86. The zero-order valence-corrected chi connectivity index (χ0v) is 18.8. The van der Waals surface area contributed by atoms with Crippen LogP contribution in [0.2, 0.25) is 0 Å². The Balaban J connectivity index is 2.26. The predicted molar refractivity (Wildman–Crippen MR) is 124 cm³/mol. The number of rotatable bonds is 10. The second-order valence-corrected chi connectivity index (χ2v) is 7.24. The summed E-state index contributed by atoms with van der Waals surface area (Å²) in [6.07, 6.45) is 0.0807. The standard InChI is InChI=1S/C23H30N4O5/c1-5-21(24-16(3)28)27(13-12-22(29)30)17-10-11-19(20(14-17)32-4)26-23(31)25-18-9-7-6-8-15(18)2/h6-11,14,21H,5,12-13H2,1-4H3,(H,24,28)(H,29,30)(H2,25,26,31). The van der Waals surface area contributed by atoms with Gasteiger partial charge in [0.1, 0.15) is 11.9 Å². The third kappa shape index (κ3) is 6.90. The number of carbonyl (C=O) groups is 3. The fraction of sp³-hybridized carbons (Fsp3) is 0.348. The van der Waals surface area contributed by atoms with Gasteiger partial charge in [0.05, 0.1) is 19.2 Å². The van der Waals surface area contributed by atoms with E-state index in [1.807, 2.05) is 38.1 Å². The summed E-state index contributed by atoms with van der Waals surface area (Å²) in [5.41, 5.74) is 2.74. The van der Waals surface area contributed by atoms with Crippen LogP contribution in [0.25, 0.3) is 0 Å². The van der Waals surface area contributed by atoms with Crippen LogP contribution in [0.5, 0.6) is 5.75 Å². The molecule has 1 unspecified atom stereocenters. The monoisotopic (exact) mass is 442 g/mol. The van der Waals surface area contributed by atoms with Crippen molar-refractivity contribution in [3.05, 3.63) is 48.0 Å². The molecule has 0 aliphatic rings. The number of amides is 3. The van der Waals surface area contributed by atoms with Crippen molar-refractivity contribution in [3.63, 3.8) is 0 Å². The summed E-state index contributed by atoms with van der Waals surface area (Å²) in [5.74, 6) is -0.749. The van der Waals surface area contributed by atoms with Crippen molar-refractivity contribution in [2.45, 2.75) is 39.8 Å². The number of hydrogen-bond acceptors (Lipinski definition) is 5. The number of hydrogen-bond donors (Lipinski definition) is 4. The van der Waals surface area contributed by atoms with E-state index < -0.39 is 12.0 Å². The topological polar surface area (TPSA) is 120 Å². The SMILES string of the molecule is CCC(NC(C)=O)N(CCC(=O)O)c1ccc(NC(=O)Nc2ccccc2C)c(OC)c1. The number of nitrogens with zero attached hydrogens (tertiary/aromatic N) is 1. The van der Waals surface area contributed by atoms with E-state index in [0.29, 0.717) is 29.2 Å². The quantitative estimate of drug-likeness (QED) is 0.416. The van der Waals surface area contributed by atoms with Crippen LogP contribution in [-0.4, -0.2) is 42.8 Å². The number of carboxylic acids is 1. The number of methoxy groups -OCH3 is 1. The molecule has 0 saturated heterocycles. The minimum atomic E-state index is -0.939. The molecule has 0 aliphatic carbocycles. The van der Waals surface area contributed by atoms with E-state index in [2.05, 4.69) is 16.0 Å². The van der Waals surface area contributed by atoms with Gasteiger partial charge in [-0.3, -0.25) is 9.59 Å². The van der Waals surface area contributed by atoms with Crippen molar-refractivity contribution in [1.29, 1.82) is 0 Å². The molecule has 0 saturated carbocycles. The number of nitrogens with one attached hydrogen (secondary N) is 3. The zero-order valence-electron chi connectivity index (χ0n) is 18.8. The van der Waals surface area contributed by atoms with Crippen LogP contribution in [0.15, 0.2) is 42.5 Å². The highest BCUT2D eigenvalue weighted by Crippen LogP contribution is 2.31. The molecule has 0 heterocycles. The molecule has 32 heavy (non-hydrogen) atoms. The largest absolute Gasteiger partial charge is 0.494 e. The first kappa shape index (κ1) is 24.5. The Morgan fingerprint density at radius 3 is 2.38 bits per heavy atom. The Labute approximate surface area is 187 Å². The van der Waals surface area contributed by atoms with Crippen LogP contribution < -0.4 is 25.6 Å². The van der Waals surface area contributed by atoms with Crippen LogP contribution in [0, 0.1) is 6.92 Å². The normalized spacial score (nSPS) is 11.2. The molecule has 0 fully saturated rings. The third-order valence-corrected chi connectivity index (χ3v) is 4.86. The molecule has 0 bridgehead atoms. The molecule has 0 radical (unpaired) electrons. The number of carboxylic acid groups (broad SMARTS) is 1. The molecule has 2 rings (SSSR count). The molecule has 0 aliphatic heterocycles. The van der Waals surface area contributed by atoms with Crippen molar-refractivity contribution < 1.29 is 24.2 Å². The minimum Gasteiger partial charge on any atom is -0.494 e. The molecule has 0 spiro atoms. The number of aliphatic carboxylic acids is 1. The van der Waals surface area contributed by atoms with E-state index in [-0.39, 0.29) is 25.0 Å². The molecule has 9 heteroatoms. The summed E-state index contributed by atoms with van der Waals surface area (Å²) in [4.78, 5) is 37.0. The molecule has 9 nitrogen and oxygen atoms in total. The lowest BCUT2D eigenvalue weighted by molar-refractivity contribution is -0.136. The smallest absolute Gasteiger partial charge is 0.323 e. The summed E-state index contributed by atoms with van der Waals surface area (Å²) < 4.78 is 5.46. The van der Waals surface area contributed by atoms with E-state index in [4.69, 9.17) is 9.84 Å². The van der Waals surface area contributed by atoms with Crippen LogP contribution in [0.1, 0.15) is 32.3 Å². The van der Waals surface area contributed by atoms with Crippen molar-refractivity contribution in [2.75, 3.05) is 29.2 Å². The summed E-state index contributed by atoms with van der Waals surface area (Å²) in [5, 5.41) is 17.6. The van der Waals surface area contributed by atoms with Gasteiger partial charge in [0.2, 0.25) is 5.91 Å². The average molecular weight is 443 g/mol. The second kappa shape index (κ2) is 11.6. The Morgan fingerprint density at radius 2 is 1.78 bits per heavy atom. The van der Waals surface area contributed by atoms with Gasteiger partial charge in [0, 0.05) is 30.9 Å². The lowest BCUT2D eigenvalue weighted by Crippen LogP contribution is -2.48. The average Bonchev–Trinajstić information content (AvgIpc) is 2.74. The second-order valence-electron chi connectivity index (χ2n) is 7.24. The number of urea groups is 1. The Hall–Kier alpha value is -3.75. The summed E-state index contributed by atoms with van der Waals surface area (Å²) in [6, 6.07) is 12.1. The molecular formula is C23H30N4O5. The molecule has 1 atom stereocenters. The number of anilines is 3. The molecule has 172 valence electrons. The van der Waals surface area contributed by atoms with Gasteiger partial charge in [0.15, 0.2) is 0 Å². The highest BCUT2D eigenvalue weighted by molar-refractivity contribution is 6.01. The summed E-state index contributed by atoms with van der Waals surface area (Å²) in [6.45, 7) is 5.41. The van der Waals surface area contributed by atoms with Gasteiger partial charge in [-0.05, 0) is 37.1 Å². The predicted octanol–water partition coefficient (Wildman–Crippen LogP) is 3.80. The maximum Gasteiger partial charge on any atom is 0.323 e. The maximum absolute atomic E-state index is 12.5. The van der Waals surface area contributed by atoms with Gasteiger partial charge in [0.25, 0.3) is 0 Å². The van der Waals surface area contributed by atoms with E-state index in [0.717, 1.165) is 5.56 Å². The number of para-hydroxylation sites is 1. The molecule has 0 aromatic heterocycles. The van der Waals surface area contributed by atoms with Crippen molar-refractivity contribution >= 4 is 35.0 Å². The van der Waals surface area contributed by atoms with Gasteiger partial charge in [-0.25, -0.2) is 4.79 Å². The Kier molecular flexibility index (Phi) is 8.88. The number of ether oxygens (including phenoxy) is 1. The number of carbonyl (C=O) groups excluding carboxylic acids is 2. The summed E-state index contributed by atoms with van der Waals surface area (Å²) >= 11 is 0. The number of aryl methyl sites for hydroxylation is 1. The first-order valence-electron chi connectivity index (χ1n) is 10.3. The van der Waals surface area contributed by atoms with Gasteiger partial charge in [-0.2, -0.15) is 0 Å². The van der Waals surface area contributed by atoms with Gasteiger partial charge in [-0.1, -0.05) is 25.1 Å². The van der Waals surface area contributed by atoms with Crippen molar-refractivity contribution in [3.8, 4) is 5.75 Å². The lowest BCUT2D eigenvalue weighted by Gasteiger charge is -2.33. The van der Waals surface area contributed by atoms with Gasteiger partial charge in [-0.15, -0.1) is 0 Å². The molecule has 2 aromatic rings. The van der Waals surface area contributed by atoms with Crippen LogP contribution in [0.4, 0.5) is 21.9 Å². The Bertz CT molecular complexity index is 963. The van der Waals surface area contributed by atoms with Gasteiger partial charge < -0.3 is 30.7 Å². The fourth-order valence-corrected chi connectivity index (χ4v) is 3.27. The van der Waals surface area contributed by atoms with Crippen LogP contribution in [0.3, 0.4) is 0 Å². The van der Waals surface area contributed by atoms with E-state index in [1.165, 1.54) is 14.0 Å². The molecule has 3 amide bonds. The first-order valence-corrected chi connectivity index (χ1v) is 10.3. The number of benzene rings is 2. The van der Waals surface area contributed by atoms with Crippen molar-refractivity contribution in [2.24, 2.45) is 0 Å². The fourth-order valence-electron chi connectivity index (χ4n) is 3.27. The highest BCUT2D eigenvalue weighted by atomic mass is 16.5. The maximum atomic E-state index is 12.5. The highest BCUT2D eigenvalue weighted by Gasteiger charge is 2.21. The van der Waals surface area contributed by atoms with E-state index in [1.54, 1.807) is 23.1 Å². The van der Waals surface area contributed by atoms with Crippen LogP contribution >= 0.6 is 0 Å². The van der Waals surface area contributed by atoms with Gasteiger partial charge >= 0.3 is 12.0 Å². The lowest BCUT2D eigenvalue weighted by atomic mass is 10.2. The van der Waals surface area contributed by atoms with Crippen molar-refractivity contribution in [1.82, 2.24) is 5.32 Å². The van der Waals surface area contributed by atoms with E-state index in [9.17, 15) is 14.4 Å².